The van der Waals surface area contributed by atoms with E-state index in [1.54, 1.807) is 56.4 Å². The maximum Gasteiger partial charge on any atom is 3.00 e. The van der Waals surface area contributed by atoms with Crippen LogP contribution in [0, 0.1) is 0 Å². The van der Waals surface area contributed by atoms with Crippen LogP contribution in [0.3, 0.4) is 0 Å². The van der Waals surface area contributed by atoms with Crippen LogP contribution in [0.1, 0.15) is 0 Å². The van der Waals surface area contributed by atoms with Gasteiger partial charge in [-0.15, -0.1) is 126 Å². The van der Waals surface area contributed by atoms with Crippen molar-refractivity contribution in [3.05, 3.63) is 140 Å². The second-order valence-corrected chi connectivity index (χ2v) is 47.2. The first-order chi connectivity index (χ1) is 37.9. The summed E-state index contributed by atoms with van der Waals surface area (Å²) >= 11 is 11.7. The molecule has 8 aromatic rings. The van der Waals surface area contributed by atoms with Gasteiger partial charge in [-0.25, -0.2) is 0 Å². The molecule has 12 heterocycles. The number of hydrogen-bond acceptors (Lipinski definition) is 16. The molecule has 22 N–H and O–H groups in total. The number of anilines is 8. The van der Waals surface area contributed by atoms with Crippen LogP contribution in [0.5, 0.6) is 0 Å². The van der Waals surface area contributed by atoms with Gasteiger partial charge < -0.3 is 129 Å². The van der Waals surface area contributed by atoms with Crippen molar-refractivity contribution in [2.75, 3.05) is 97.1 Å². The van der Waals surface area contributed by atoms with E-state index in [9.17, 15) is 36.5 Å². The van der Waals surface area contributed by atoms with Crippen LogP contribution >= 0.6 is 151 Å². The molecule has 4 saturated heterocycles. The zero-order chi connectivity index (χ0) is 57.5. The summed E-state index contributed by atoms with van der Waals surface area (Å²) in [6.07, 6.45) is 0. The summed E-state index contributed by atoms with van der Waals surface area (Å²) in [5.41, 5.74) is 0. The Hall–Kier alpha value is 0.530. The van der Waals surface area contributed by atoms with Gasteiger partial charge in [-0.2, -0.15) is 0 Å². The molecule has 4 aliphatic heterocycles. The topological polar surface area (TPSA) is 479 Å². The number of nitrogens with one attached hydrogen (secondary N) is 8. The molecule has 0 atom stereocenters. The molecule has 95 heavy (non-hydrogen) atoms. The number of rotatable bonds is 16. The first kappa shape index (κ1) is 109. The Labute approximate surface area is 650 Å². The van der Waals surface area contributed by atoms with Gasteiger partial charge >= 0.3 is 130 Å². The fraction of sp³-hybridized carbons (Fsp3) is 0.200. The monoisotopic (exact) mass is 1870 g/mol. The fourth-order valence-corrected chi connectivity index (χ4v) is 40.5. The molecule has 0 spiro atoms. The van der Waals surface area contributed by atoms with Gasteiger partial charge in [0.2, 0.25) is 0 Å². The summed E-state index contributed by atoms with van der Waals surface area (Å²) in [5, 5.41) is 45.5. The largest absolute Gasteiger partial charge is 3.00 e. The maximum absolute atomic E-state index is 12.9. The van der Waals surface area contributed by atoms with Gasteiger partial charge in [-0.05, 0) is 140 Å². The van der Waals surface area contributed by atoms with Gasteiger partial charge in [0.15, 0.2) is 0 Å². The molecular formula is C40H70Cl4Cr4N16O15P8S8+8. The second-order valence-electron chi connectivity index (χ2n) is 17.0. The zero-order valence-electron chi connectivity index (χ0n) is 50.2. The minimum absolute atomic E-state index is 0. The summed E-state index contributed by atoms with van der Waals surface area (Å²) in [4.78, 5) is 0. The van der Waals surface area contributed by atoms with Gasteiger partial charge in [0.25, 0.3) is 0 Å². The van der Waals surface area contributed by atoms with Crippen LogP contribution in [-0.4, -0.2) is 130 Å². The first-order valence-corrected chi connectivity index (χ1v) is 43.1. The average Bonchev–Trinajstić information content (AvgIpc) is 1.16. The summed E-state index contributed by atoms with van der Waals surface area (Å²) in [6, 6.07) is 29.8. The molecule has 532 valence electrons. The SMILES string of the molecule is CN1P(=O)(Nc2cccs2)N(C)P1(=O)Nc1cccs1.CN1P(=O)(Nc2cccs2)N(C)P1(=O)Nc1cccs1.CN1P(=O)(Nc2cccs2)N(C)P1(=O)Nc1cccs1.CN1P(=O)(Nc2cccs2)N(C)P1(=O)Nc1cccs1.O.O.O.O.O.O.O.[Cl-].[Cl-].[Cl-].[Cl-].[Cr+3].[Cr+3].[Cr+3].[Cr+3]. The molecule has 0 aromatic carbocycles. The van der Waals surface area contributed by atoms with Crippen LogP contribution < -0.4 is 90.3 Å². The van der Waals surface area contributed by atoms with Crippen molar-refractivity contribution in [1.29, 1.82) is 0 Å². The fourth-order valence-electron chi connectivity index (χ4n) is 7.73. The van der Waals surface area contributed by atoms with Crippen LogP contribution in [0.25, 0.3) is 0 Å². The quantitative estimate of drug-likeness (QED) is 0.0588. The van der Waals surface area contributed by atoms with Crippen molar-refractivity contribution in [3.63, 3.8) is 0 Å². The summed E-state index contributed by atoms with van der Waals surface area (Å²) in [5.74, 6) is 0. The standard InChI is InChI=1S/4C10H14N4O2P2S2.4ClH.4Cr.7H2O/c4*1-13-17(15,11-9-5-3-7-19-9)14(2)18(13,16)12-10-6-4-8-20-10;;;;;;;;;;;;;;;/h4*3-8H,1-2H3,(H,11,15)(H,12,16);4*1H;;;;;7*1H2/q;;;;;;;;4*+3;;;;;;;/p-4. The number of halogens is 4. The molecule has 4 fully saturated rings. The predicted octanol–water partition coefficient (Wildman–Crippen LogP) is -0.0589. The van der Waals surface area contributed by atoms with Crippen molar-refractivity contribution in [2.24, 2.45) is 0 Å². The molecule has 0 aliphatic carbocycles. The zero-order valence-corrected chi connectivity index (χ0v) is 72.0. The summed E-state index contributed by atoms with van der Waals surface area (Å²) in [7, 11) is -11.1. The molecule has 31 nitrogen and oxygen atoms in total. The average molecular weight is 1870 g/mol. The molecular weight excluding hydrogens is 1800 g/mol. The minimum Gasteiger partial charge on any atom is -1.00 e. The predicted molar refractivity (Wildman–Crippen MR) is 372 cm³/mol. The van der Waals surface area contributed by atoms with Crippen molar-refractivity contribution in [3.8, 4) is 0 Å². The maximum atomic E-state index is 12.9. The molecule has 0 saturated carbocycles. The van der Waals surface area contributed by atoms with Crippen LogP contribution in [0.4, 0.5) is 40.0 Å². The van der Waals surface area contributed by atoms with E-state index in [1.165, 1.54) is 126 Å². The van der Waals surface area contributed by atoms with E-state index in [0.717, 1.165) is 40.0 Å². The van der Waals surface area contributed by atoms with E-state index in [4.69, 9.17) is 0 Å². The number of thiophene rings is 8. The Kier molecular flexibility index (Phi) is 50.9. The van der Waals surface area contributed by atoms with E-state index in [2.05, 4.69) is 40.7 Å². The van der Waals surface area contributed by atoms with E-state index in [-0.39, 0.29) is 157 Å². The molecule has 4 radical (unpaired) electrons. The van der Waals surface area contributed by atoms with Crippen molar-refractivity contribution >= 4 is 191 Å². The minimum atomic E-state index is -3.00. The van der Waals surface area contributed by atoms with E-state index >= 15 is 0 Å². The number of hydrogen-bond donors (Lipinski definition) is 8. The summed E-state index contributed by atoms with van der Waals surface area (Å²) < 4.78 is 114. The third-order valence-electron chi connectivity index (χ3n) is 12.5. The molecule has 55 heteroatoms. The van der Waals surface area contributed by atoms with Gasteiger partial charge in [0.1, 0.15) is 0 Å². The molecule has 4 aliphatic rings. The molecule has 8 aromatic heterocycles. The molecule has 12 rings (SSSR count). The Morgan fingerprint density at radius 2 is 0.305 bits per heavy atom. The normalized spacial score (nSPS) is 26.0. The van der Waals surface area contributed by atoms with Crippen molar-refractivity contribution < 1.29 is 194 Å². The summed E-state index contributed by atoms with van der Waals surface area (Å²) in [6.45, 7) is 0. The molecule has 0 bridgehead atoms. The van der Waals surface area contributed by atoms with Crippen LogP contribution in [0.15, 0.2) is 140 Å². The Bertz CT molecular complexity index is 3000. The third kappa shape index (κ3) is 21.8. The van der Waals surface area contributed by atoms with Crippen molar-refractivity contribution in [2.45, 2.75) is 0 Å². The van der Waals surface area contributed by atoms with E-state index in [1.807, 2.05) is 140 Å². The smallest absolute Gasteiger partial charge is 1.00 e. The van der Waals surface area contributed by atoms with Crippen LogP contribution in [-0.2, 0) is 106 Å². The van der Waals surface area contributed by atoms with Gasteiger partial charge in [-0.3, -0.25) is 36.5 Å². The van der Waals surface area contributed by atoms with E-state index in [0.29, 0.717) is 0 Å². The molecule has 0 amide bonds. The van der Waals surface area contributed by atoms with E-state index < -0.39 is 60.8 Å². The van der Waals surface area contributed by atoms with Crippen LogP contribution in [0.2, 0.25) is 0 Å². The van der Waals surface area contributed by atoms with Gasteiger partial charge in [0, 0.05) is 56.4 Å². The first-order valence-electron chi connectivity index (χ1n) is 23.2. The van der Waals surface area contributed by atoms with Gasteiger partial charge in [0.05, 0.1) is 40.0 Å². The Morgan fingerprint density at radius 3 is 0.368 bits per heavy atom. The van der Waals surface area contributed by atoms with Crippen molar-refractivity contribution in [1.82, 2.24) is 35.5 Å². The Balaban J connectivity index is -0.000000207. The second kappa shape index (κ2) is 44.4. The van der Waals surface area contributed by atoms with Gasteiger partial charge in [-0.1, -0.05) is 0 Å². The number of nitrogens with zero attached hydrogens (tertiary/aromatic N) is 8. The third-order valence-corrected chi connectivity index (χ3v) is 48.4. The Morgan fingerprint density at radius 1 is 0.221 bits per heavy atom. The molecule has 0 unspecified atom stereocenters.